The van der Waals surface area contributed by atoms with Crippen molar-refractivity contribution in [1.29, 1.82) is 0 Å². The van der Waals surface area contributed by atoms with Crippen LogP contribution in [0.2, 0.25) is 0 Å². The van der Waals surface area contributed by atoms with Crippen LogP contribution in [0.4, 0.5) is 0 Å². The first-order valence-corrected chi connectivity index (χ1v) is 12.3. The molecule has 0 unspecified atom stereocenters. The first kappa shape index (κ1) is 22.7. The fourth-order valence-electron chi connectivity index (χ4n) is 4.26. The Kier molecular flexibility index (Phi) is 7.52. The Morgan fingerprint density at radius 3 is 2.37 bits per heavy atom. The summed E-state index contributed by atoms with van der Waals surface area (Å²) in [5.74, 6) is -1.03. The highest BCUT2D eigenvalue weighted by molar-refractivity contribution is 7.89. The van der Waals surface area contributed by atoms with E-state index >= 15 is 0 Å². The number of esters is 1. The molecule has 1 aromatic rings. The molecule has 2 saturated carbocycles. The van der Waals surface area contributed by atoms with Gasteiger partial charge in [0, 0.05) is 19.1 Å². The number of nitrogens with one attached hydrogen (secondary N) is 1. The van der Waals surface area contributed by atoms with Crippen LogP contribution in [-0.2, 0) is 19.6 Å². The van der Waals surface area contributed by atoms with Gasteiger partial charge in [0.25, 0.3) is 5.91 Å². The Hall–Kier alpha value is -1.93. The van der Waals surface area contributed by atoms with Gasteiger partial charge in [-0.2, -0.15) is 4.31 Å². The van der Waals surface area contributed by atoms with Crippen molar-refractivity contribution in [2.45, 2.75) is 87.8 Å². The summed E-state index contributed by atoms with van der Waals surface area (Å²) in [5.41, 5.74) is 0.119. The first-order valence-electron chi connectivity index (χ1n) is 10.9. The maximum Gasteiger partial charge on any atom is 0.338 e. The monoisotopic (exact) mass is 436 g/mol. The highest BCUT2D eigenvalue weighted by atomic mass is 32.2. The molecule has 1 N–H and O–H groups in total. The fraction of sp³-hybridized carbons (Fsp3) is 0.636. The van der Waals surface area contributed by atoms with Gasteiger partial charge in [-0.05, 0) is 50.8 Å². The van der Waals surface area contributed by atoms with Crippen LogP contribution in [0.5, 0.6) is 0 Å². The summed E-state index contributed by atoms with van der Waals surface area (Å²) in [7, 11) is -2.11. The minimum Gasteiger partial charge on any atom is -0.449 e. The van der Waals surface area contributed by atoms with E-state index in [0.717, 1.165) is 57.8 Å². The van der Waals surface area contributed by atoms with Crippen molar-refractivity contribution < 1.29 is 22.7 Å². The second-order valence-electron chi connectivity index (χ2n) is 8.38. The van der Waals surface area contributed by atoms with Crippen molar-refractivity contribution in [2.75, 3.05) is 7.05 Å². The Balaban J connectivity index is 1.66. The number of nitrogens with zero attached hydrogens (tertiary/aromatic N) is 1. The summed E-state index contributed by atoms with van der Waals surface area (Å²) < 4.78 is 32.8. The number of benzene rings is 1. The van der Waals surface area contributed by atoms with E-state index < -0.39 is 22.1 Å². The predicted molar refractivity (Wildman–Crippen MR) is 114 cm³/mol. The summed E-state index contributed by atoms with van der Waals surface area (Å²) in [6.45, 7) is 1.53. The summed E-state index contributed by atoms with van der Waals surface area (Å²) >= 11 is 0. The molecular weight excluding hydrogens is 404 g/mol. The van der Waals surface area contributed by atoms with Crippen molar-refractivity contribution in [2.24, 2.45) is 0 Å². The lowest BCUT2D eigenvalue weighted by Gasteiger charge is -2.30. The Bertz CT molecular complexity index is 858. The number of amides is 1. The molecule has 2 aliphatic carbocycles. The molecule has 166 valence electrons. The third-order valence-electron chi connectivity index (χ3n) is 6.19. The van der Waals surface area contributed by atoms with Gasteiger partial charge in [-0.15, -0.1) is 0 Å². The highest BCUT2D eigenvalue weighted by Gasteiger charge is 2.30. The molecule has 1 aromatic carbocycles. The number of hydrogen-bond donors (Lipinski definition) is 1. The Morgan fingerprint density at radius 1 is 1.07 bits per heavy atom. The van der Waals surface area contributed by atoms with Gasteiger partial charge < -0.3 is 10.1 Å². The van der Waals surface area contributed by atoms with E-state index in [4.69, 9.17) is 4.74 Å². The average molecular weight is 437 g/mol. The van der Waals surface area contributed by atoms with Crippen molar-refractivity contribution >= 4 is 21.9 Å². The van der Waals surface area contributed by atoms with Crippen molar-refractivity contribution in [3.63, 3.8) is 0 Å². The van der Waals surface area contributed by atoms with Crippen LogP contribution < -0.4 is 5.32 Å². The minimum absolute atomic E-state index is 0.0151. The number of sulfonamides is 1. The third-order valence-corrected chi connectivity index (χ3v) is 8.10. The molecule has 8 heteroatoms. The summed E-state index contributed by atoms with van der Waals surface area (Å²) in [5, 5.41) is 2.90. The van der Waals surface area contributed by atoms with Gasteiger partial charge in [-0.3, -0.25) is 4.79 Å². The molecule has 2 aliphatic rings. The van der Waals surface area contributed by atoms with Crippen LogP contribution in [0.3, 0.4) is 0 Å². The predicted octanol–water partition coefficient (Wildman–Crippen LogP) is 3.24. The highest BCUT2D eigenvalue weighted by Crippen LogP contribution is 2.27. The Labute approximate surface area is 179 Å². The molecule has 0 radical (unpaired) electrons. The number of carbonyl (C=O) groups excluding carboxylic acids is 2. The summed E-state index contributed by atoms with van der Waals surface area (Å²) in [6, 6.07) is 5.98. The van der Waals surface area contributed by atoms with Crippen molar-refractivity contribution in [3.05, 3.63) is 29.8 Å². The Morgan fingerprint density at radius 2 is 1.70 bits per heavy atom. The van der Waals surface area contributed by atoms with E-state index in [0.29, 0.717) is 0 Å². The van der Waals surface area contributed by atoms with Crippen LogP contribution in [0, 0.1) is 0 Å². The molecule has 0 aromatic heterocycles. The van der Waals surface area contributed by atoms with Gasteiger partial charge in [-0.1, -0.05) is 38.2 Å². The molecule has 0 aliphatic heterocycles. The van der Waals surface area contributed by atoms with E-state index in [1.807, 2.05) is 0 Å². The molecular formula is C22H32N2O5S. The second kappa shape index (κ2) is 9.92. The molecule has 1 amide bonds. The van der Waals surface area contributed by atoms with E-state index in [1.165, 1.54) is 35.5 Å². The maximum absolute atomic E-state index is 13.0. The quantitative estimate of drug-likeness (QED) is 0.663. The lowest BCUT2D eigenvalue weighted by molar-refractivity contribution is -0.129. The molecule has 0 heterocycles. The zero-order valence-electron chi connectivity index (χ0n) is 17.8. The lowest BCUT2D eigenvalue weighted by Crippen LogP contribution is -2.40. The van der Waals surface area contributed by atoms with Crippen LogP contribution in [0.1, 0.15) is 75.1 Å². The van der Waals surface area contributed by atoms with E-state index in [2.05, 4.69) is 5.32 Å². The average Bonchev–Trinajstić information content (AvgIpc) is 3.26. The molecule has 30 heavy (non-hydrogen) atoms. The third kappa shape index (κ3) is 5.40. The van der Waals surface area contributed by atoms with Gasteiger partial charge in [-0.25, -0.2) is 13.2 Å². The largest absolute Gasteiger partial charge is 0.449 e. The standard InChI is InChI=1S/C22H32N2O5S/c1-16(21(25)23-18-10-6-7-11-18)29-22(26)17-9-8-14-20(15-17)30(27,28)24(2)19-12-4-3-5-13-19/h8-9,14-16,18-19H,3-7,10-13H2,1-2H3,(H,23,25)/t16-/m1/s1. The number of carbonyl (C=O) groups is 2. The van der Waals surface area contributed by atoms with Crippen LogP contribution in [0.25, 0.3) is 0 Å². The topological polar surface area (TPSA) is 92.8 Å². The van der Waals surface area contributed by atoms with Gasteiger partial charge in [0.2, 0.25) is 10.0 Å². The maximum atomic E-state index is 13.0. The van der Waals surface area contributed by atoms with E-state index in [9.17, 15) is 18.0 Å². The van der Waals surface area contributed by atoms with E-state index in [-0.39, 0.29) is 28.4 Å². The molecule has 2 fully saturated rings. The van der Waals surface area contributed by atoms with Crippen LogP contribution in [-0.4, -0.2) is 49.8 Å². The molecule has 7 nitrogen and oxygen atoms in total. The summed E-state index contributed by atoms with van der Waals surface area (Å²) in [6.07, 6.45) is 8.03. The van der Waals surface area contributed by atoms with Crippen molar-refractivity contribution in [1.82, 2.24) is 9.62 Å². The SMILES string of the molecule is C[C@@H](OC(=O)c1cccc(S(=O)(=O)N(C)C2CCCCC2)c1)C(=O)NC1CCCC1. The van der Waals surface area contributed by atoms with Crippen LogP contribution in [0.15, 0.2) is 29.2 Å². The summed E-state index contributed by atoms with van der Waals surface area (Å²) in [4.78, 5) is 24.9. The fourth-order valence-corrected chi connectivity index (χ4v) is 5.72. The molecule has 0 spiro atoms. The minimum atomic E-state index is -3.71. The van der Waals surface area contributed by atoms with Crippen LogP contribution >= 0.6 is 0 Å². The normalized spacial score (nSPS) is 19.6. The van der Waals surface area contributed by atoms with Gasteiger partial charge in [0.1, 0.15) is 0 Å². The smallest absolute Gasteiger partial charge is 0.338 e. The van der Waals surface area contributed by atoms with Crippen molar-refractivity contribution in [3.8, 4) is 0 Å². The molecule has 0 saturated heterocycles. The van der Waals surface area contributed by atoms with Gasteiger partial charge >= 0.3 is 5.97 Å². The zero-order valence-corrected chi connectivity index (χ0v) is 18.6. The number of rotatable bonds is 7. The van der Waals surface area contributed by atoms with Gasteiger partial charge in [0.05, 0.1) is 10.5 Å². The number of ether oxygens (including phenoxy) is 1. The molecule has 1 atom stereocenters. The first-order chi connectivity index (χ1) is 14.3. The zero-order chi connectivity index (χ0) is 21.7. The molecule has 3 rings (SSSR count). The lowest BCUT2D eigenvalue weighted by atomic mass is 9.96. The molecule has 0 bridgehead atoms. The van der Waals surface area contributed by atoms with E-state index in [1.54, 1.807) is 7.05 Å². The number of hydrogen-bond acceptors (Lipinski definition) is 5. The second-order valence-corrected chi connectivity index (χ2v) is 10.4. The van der Waals surface area contributed by atoms with Gasteiger partial charge in [0.15, 0.2) is 6.10 Å².